The highest BCUT2D eigenvalue weighted by atomic mass is 19.1. The minimum atomic E-state index is -0.513. The molecule has 0 aliphatic carbocycles. The van der Waals surface area contributed by atoms with Crippen LogP contribution < -0.4 is 16.0 Å². The van der Waals surface area contributed by atoms with Crippen LogP contribution in [-0.2, 0) is 9.53 Å². The summed E-state index contributed by atoms with van der Waals surface area (Å²) in [4.78, 5) is 16.3. The molecule has 0 unspecified atom stereocenters. The molecule has 29 heavy (non-hydrogen) atoms. The first-order chi connectivity index (χ1) is 14.2. The van der Waals surface area contributed by atoms with Gasteiger partial charge < -0.3 is 20.7 Å². The Morgan fingerprint density at radius 1 is 1.24 bits per heavy atom. The second-order valence-corrected chi connectivity index (χ2v) is 7.49. The smallest absolute Gasteiger partial charge is 0.229 e. The number of nitrogens with one attached hydrogen (secondary N) is 3. The first-order valence-electron chi connectivity index (χ1n) is 10.0. The zero-order valence-corrected chi connectivity index (χ0v) is 16.2. The van der Waals surface area contributed by atoms with Gasteiger partial charge in [-0.25, -0.2) is 9.37 Å². The topological polar surface area (TPSA) is 101 Å². The van der Waals surface area contributed by atoms with Gasteiger partial charge in [0.1, 0.15) is 5.82 Å². The predicted molar refractivity (Wildman–Crippen MR) is 107 cm³/mol. The maximum absolute atomic E-state index is 14.4. The zero-order chi connectivity index (χ0) is 20.1. The summed E-state index contributed by atoms with van der Waals surface area (Å²) in [6.45, 7) is 3.86. The second-order valence-electron chi connectivity index (χ2n) is 7.49. The lowest BCUT2D eigenvalue weighted by Gasteiger charge is -2.22. The van der Waals surface area contributed by atoms with Crippen molar-refractivity contribution in [3.63, 3.8) is 0 Å². The molecule has 2 fully saturated rings. The van der Waals surface area contributed by atoms with E-state index in [1.165, 1.54) is 6.07 Å². The lowest BCUT2D eigenvalue weighted by molar-refractivity contribution is -0.119. The summed E-state index contributed by atoms with van der Waals surface area (Å²) in [7, 11) is 0. The van der Waals surface area contributed by atoms with Crippen LogP contribution in [-0.4, -0.2) is 53.9 Å². The molecule has 0 spiro atoms. The van der Waals surface area contributed by atoms with E-state index in [-0.39, 0.29) is 17.4 Å². The van der Waals surface area contributed by atoms with Crippen LogP contribution in [0.1, 0.15) is 19.3 Å². The van der Waals surface area contributed by atoms with Crippen LogP contribution >= 0.6 is 0 Å². The summed E-state index contributed by atoms with van der Waals surface area (Å²) in [5.41, 5.74) is 1.42. The first kappa shape index (κ1) is 19.7. The molecule has 4 heterocycles. The molecule has 2 aromatic heterocycles. The van der Waals surface area contributed by atoms with Crippen LogP contribution in [0.4, 0.5) is 15.9 Å². The SMILES string of the molecule is O=C(Nc1cc(-c2cc(NCC3CCOCC3)cnn2)c(F)cn1)[C@@H]1CCNC1. The number of aromatic nitrogens is 3. The Morgan fingerprint density at radius 2 is 2.10 bits per heavy atom. The highest BCUT2D eigenvalue weighted by Gasteiger charge is 2.23. The van der Waals surface area contributed by atoms with E-state index in [1.54, 1.807) is 12.3 Å². The largest absolute Gasteiger partial charge is 0.383 e. The Kier molecular flexibility index (Phi) is 6.26. The average Bonchev–Trinajstić information content (AvgIpc) is 3.30. The highest BCUT2D eigenvalue weighted by molar-refractivity contribution is 5.92. The fourth-order valence-electron chi connectivity index (χ4n) is 3.62. The molecule has 0 saturated carbocycles. The molecular formula is C20H25FN6O2. The van der Waals surface area contributed by atoms with Gasteiger partial charge in [-0.05, 0) is 43.9 Å². The van der Waals surface area contributed by atoms with Gasteiger partial charge in [0, 0.05) is 31.9 Å². The van der Waals surface area contributed by atoms with Gasteiger partial charge in [-0.2, -0.15) is 10.2 Å². The molecule has 154 valence electrons. The molecule has 0 aromatic carbocycles. The number of amides is 1. The number of carbonyl (C=O) groups is 1. The summed E-state index contributed by atoms with van der Waals surface area (Å²) in [6, 6.07) is 3.26. The van der Waals surface area contributed by atoms with Gasteiger partial charge in [0.05, 0.1) is 29.7 Å². The first-order valence-corrected chi connectivity index (χ1v) is 10.0. The number of anilines is 2. The van der Waals surface area contributed by atoms with Crippen molar-refractivity contribution in [3.05, 3.63) is 30.3 Å². The number of carbonyl (C=O) groups excluding carboxylic acids is 1. The van der Waals surface area contributed by atoms with Gasteiger partial charge in [0.15, 0.2) is 5.82 Å². The zero-order valence-electron chi connectivity index (χ0n) is 16.2. The van der Waals surface area contributed by atoms with E-state index in [0.717, 1.165) is 57.4 Å². The van der Waals surface area contributed by atoms with Crippen molar-refractivity contribution in [2.24, 2.45) is 11.8 Å². The number of ether oxygens (including phenoxy) is 1. The molecule has 2 aliphatic rings. The van der Waals surface area contributed by atoms with Gasteiger partial charge >= 0.3 is 0 Å². The number of hydrogen-bond donors (Lipinski definition) is 3. The van der Waals surface area contributed by atoms with Crippen molar-refractivity contribution in [1.29, 1.82) is 0 Å². The number of pyridine rings is 1. The Labute approximate surface area is 168 Å². The van der Waals surface area contributed by atoms with Gasteiger partial charge in [-0.3, -0.25) is 4.79 Å². The number of rotatable bonds is 6. The van der Waals surface area contributed by atoms with E-state index in [9.17, 15) is 9.18 Å². The molecular weight excluding hydrogens is 375 g/mol. The van der Waals surface area contributed by atoms with Crippen molar-refractivity contribution in [1.82, 2.24) is 20.5 Å². The standard InChI is InChI=1S/C20H25FN6O2/c21-17-12-24-19(26-20(28)14-1-4-22-10-14)8-16(17)18-7-15(11-25-27-18)23-9-13-2-5-29-6-3-13/h7-8,11-14,22H,1-6,9-10H2,(H,23,27)(H,24,26,28)/t14-/m1/s1. The highest BCUT2D eigenvalue weighted by Crippen LogP contribution is 2.25. The van der Waals surface area contributed by atoms with Crippen molar-refractivity contribution in [2.45, 2.75) is 19.3 Å². The molecule has 2 aromatic rings. The minimum Gasteiger partial charge on any atom is -0.383 e. The molecule has 3 N–H and O–H groups in total. The third-order valence-electron chi connectivity index (χ3n) is 5.40. The summed E-state index contributed by atoms with van der Waals surface area (Å²) in [6.07, 6.45) is 5.55. The minimum absolute atomic E-state index is 0.0946. The van der Waals surface area contributed by atoms with Crippen LogP contribution in [0, 0.1) is 17.7 Å². The second kappa shape index (κ2) is 9.23. The normalized spacial score (nSPS) is 19.8. The van der Waals surface area contributed by atoms with E-state index in [2.05, 4.69) is 31.1 Å². The molecule has 1 atom stereocenters. The van der Waals surface area contributed by atoms with Crippen LogP contribution in [0.3, 0.4) is 0 Å². The quantitative estimate of drug-likeness (QED) is 0.682. The van der Waals surface area contributed by atoms with E-state index in [4.69, 9.17) is 4.74 Å². The monoisotopic (exact) mass is 400 g/mol. The van der Waals surface area contributed by atoms with E-state index in [0.29, 0.717) is 24.0 Å². The fourth-order valence-corrected chi connectivity index (χ4v) is 3.62. The van der Waals surface area contributed by atoms with Crippen molar-refractivity contribution < 1.29 is 13.9 Å². The summed E-state index contributed by atoms with van der Waals surface area (Å²) < 4.78 is 19.8. The maximum Gasteiger partial charge on any atom is 0.229 e. The molecule has 2 saturated heterocycles. The number of nitrogens with zero attached hydrogens (tertiary/aromatic N) is 3. The van der Waals surface area contributed by atoms with Gasteiger partial charge in [0.2, 0.25) is 5.91 Å². The van der Waals surface area contributed by atoms with Gasteiger partial charge in [-0.1, -0.05) is 0 Å². The Hall–Kier alpha value is -2.65. The molecule has 4 rings (SSSR count). The number of hydrogen-bond acceptors (Lipinski definition) is 7. The van der Waals surface area contributed by atoms with Crippen LogP contribution in [0.2, 0.25) is 0 Å². The molecule has 0 radical (unpaired) electrons. The molecule has 1 amide bonds. The summed E-state index contributed by atoms with van der Waals surface area (Å²) >= 11 is 0. The lowest BCUT2D eigenvalue weighted by atomic mass is 10.0. The van der Waals surface area contributed by atoms with E-state index >= 15 is 0 Å². The third-order valence-corrected chi connectivity index (χ3v) is 5.40. The van der Waals surface area contributed by atoms with Gasteiger partial charge in [-0.15, -0.1) is 0 Å². The summed E-state index contributed by atoms with van der Waals surface area (Å²) in [5.74, 6) is 0.132. The molecule has 8 nitrogen and oxygen atoms in total. The fraction of sp³-hybridized carbons (Fsp3) is 0.500. The molecule has 0 bridgehead atoms. The van der Waals surface area contributed by atoms with Crippen LogP contribution in [0.5, 0.6) is 0 Å². The van der Waals surface area contributed by atoms with Crippen LogP contribution in [0.25, 0.3) is 11.3 Å². The predicted octanol–water partition coefficient (Wildman–Crippen LogP) is 2.06. The van der Waals surface area contributed by atoms with Crippen molar-refractivity contribution in [3.8, 4) is 11.3 Å². The van der Waals surface area contributed by atoms with Gasteiger partial charge in [0.25, 0.3) is 0 Å². The Bertz CT molecular complexity index is 853. The van der Waals surface area contributed by atoms with E-state index < -0.39 is 5.82 Å². The van der Waals surface area contributed by atoms with E-state index in [1.807, 2.05) is 0 Å². The van der Waals surface area contributed by atoms with Crippen molar-refractivity contribution >= 4 is 17.4 Å². The number of halogens is 1. The Morgan fingerprint density at radius 3 is 2.90 bits per heavy atom. The maximum atomic E-state index is 14.4. The lowest BCUT2D eigenvalue weighted by Crippen LogP contribution is -2.25. The molecule has 2 aliphatic heterocycles. The van der Waals surface area contributed by atoms with Crippen molar-refractivity contribution in [2.75, 3.05) is 43.5 Å². The van der Waals surface area contributed by atoms with Crippen LogP contribution in [0.15, 0.2) is 24.5 Å². The average molecular weight is 400 g/mol. The molecule has 9 heteroatoms. The summed E-state index contributed by atoms with van der Waals surface area (Å²) in [5, 5.41) is 17.3. The Balaban J connectivity index is 1.46. The third kappa shape index (κ3) is 5.04.